The van der Waals surface area contributed by atoms with Crippen molar-refractivity contribution in [2.24, 2.45) is 0 Å². The molecule has 2 heterocycles. The fraction of sp³-hybridized carbons (Fsp3) is 0.381. The van der Waals surface area contributed by atoms with Gasteiger partial charge in [0, 0.05) is 18.6 Å². The molecule has 1 amide bonds. The van der Waals surface area contributed by atoms with Crippen LogP contribution in [0.4, 0.5) is 0 Å². The number of pyridine rings is 1. The molecule has 0 aliphatic carbocycles. The molecule has 1 aromatic heterocycles. The fourth-order valence-electron chi connectivity index (χ4n) is 3.90. The molecule has 2 N–H and O–H groups in total. The summed E-state index contributed by atoms with van der Waals surface area (Å²) in [6.07, 6.45) is 3.20. The van der Waals surface area contributed by atoms with E-state index in [0.29, 0.717) is 0 Å². The van der Waals surface area contributed by atoms with Gasteiger partial charge in [-0.2, -0.15) is 4.72 Å². The summed E-state index contributed by atoms with van der Waals surface area (Å²) in [5.74, 6) is -1.39. The highest BCUT2D eigenvalue weighted by molar-refractivity contribution is 7.89. The zero-order chi connectivity index (χ0) is 23.5. The highest BCUT2D eigenvalue weighted by atomic mass is 32.2. The average molecular weight is 460 g/mol. The van der Waals surface area contributed by atoms with E-state index in [9.17, 15) is 23.0 Å². The molecule has 1 aliphatic heterocycles. The van der Waals surface area contributed by atoms with Crippen molar-refractivity contribution >= 4 is 29.0 Å². The first-order valence-corrected chi connectivity index (χ1v) is 11.8. The van der Waals surface area contributed by atoms with Gasteiger partial charge in [0.2, 0.25) is 15.9 Å². The highest BCUT2D eigenvalue weighted by Crippen LogP contribution is 2.32. The van der Waals surface area contributed by atoms with Crippen molar-refractivity contribution in [3.05, 3.63) is 60.4 Å². The molecule has 1 saturated heterocycles. The summed E-state index contributed by atoms with van der Waals surface area (Å²) in [7, 11) is -5.44. The van der Waals surface area contributed by atoms with Gasteiger partial charge in [0.15, 0.2) is 24.5 Å². The predicted molar refractivity (Wildman–Crippen MR) is 117 cm³/mol. The number of aryl methyl sites for hydroxylation is 1. The first-order valence-electron chi connectivity index (χ1n) is 10.3. The Morgan fingerprint density at radius 3 is 2.47 bits per heavy atom. The number of esters is 1. The number of benzene rings is 1. The van der Waals surface area contributed by atoms with Crippen LogP contribution in [0.1, 0.15) is 18.9 Å². The Kier molecular flexibility index (Phi) is 7.01. The summed E-state index contributed by atoms with van der Waals surface area (Å²) in [4.78, 5) is 27.2. The second-order valence-electron chi connectivity index (χ2n) is 7.86. The number of carbonyl (C=O) groups is 2. The Balaban J connectivity index is 2.07. The van der Waals surface area contributed by atoms with Gasteiger partial charge in [0.1, 0.15) is 6.04 Å². The van der Waals surface area contributed by atoms with Crippen molar-refractivity contribution in [3.8, 4) is 0 Å². The van der Waals surface area contributed by atoms with Crippen molar-refractivity contribution < 1.29 is 32.3 Å². The van der Waals surface area contributed by atoms with Crippen molar-refractivity contribution in [1.82, 2.24) is 9.53 Å². The van der Waals surface area contributed by atoms with E-state index in [1.165, 1.54) is 19.0 Å². The molecule has 1 aromatic carbocycles. The van der Waals surface area contributed by atoms with Gasteiger partial charge in [0.25, 0.3) is 0 Å². The van der Waals surface area contributed by atoms with E-state index in [4.69, 9.17) is 4.74 Å². The van der Waals surface area contributed by atoms with E-state index in [-0.39, 0.29) is 24.5 Å². The minimum absolute atomic E-state index is 0.00322. The Hall–Kier alpha value is -2.76. The molecular weight excluding hydrogens is 433 g/mol. The van der Waals surface area contributed by atoms with Gasteiger partial charge in [0.05, 0.1) is 11.5 Å². The van der Waals surface area contributed by atoms with Gasteiger partial charge in [-0.3, -0.25) is 4.79 Å². The lowest BCUT2D eigenvalue weighted by Gasteiger charge is -2.27. The number of hydrogen-bond donors (Lipinski definition) is 2. The van der Waals surface area contributed by atoms with Crippen molar-refractivity contribution in [3.63, 3.8) is 0 Å². The van der Waals surface area contributed by atoms with E-state index in [1.807, 2.05) is 6.92 Å². The monoisotopic (exact) mass is 460 g/mol. The largest absolute Gasteiger partial charge is 0.464 e. The second-order valence-corrected chi connectivity index (χ2v) is 9.55. The number of nitrogens with one attached hydrogen (secondary N) is 1. The lowest BCUT2D eigenvalue weighted by molar-refractivity contribution is -0.702. The zero-order valence-electron chi connectivity index (χ0n) is 18.3. The van der Waals surface area contributed by atoms with E-state index in [2.05, 4.69) is 4.72 Å². The summed E-state index contributed by atoms with van der Waals surface area (Å²) >= 11 is 0. The minimum atomic E-state index is -4.13. The normalized spacial score (nSPS) is 20.9. The second kappa shape index (κ2) is 9.39. The number of carbonyl (C=O) groups excluding carboxylic acids is 2. The van der Waals surface area contributed by atoms with Crippen molar-refractivity contribution in [1.29, 1.82) is 0 Å². The molecular formula is C21H27BN3O6S+. The number of hydrogen-bond acceptors (Lipinski definition) is 6. The number of ether oxygens (including phenoxy) is 1. The van der Waals surface area contributed by atoms with E-state index < -0.39 is 40.5 Å². The van der Waals surface area contributed by atoms with Gasteiger partial charge in [-0.15, -0.1) is 0 Å². The van der Waals surface area contributed by atoms with E-state index in [0.717, 1.165) is 10.4 Å². The summed E-state index contributed by atoms with van der Waals surface area (Å²) < 4.78 is 35.8. The molecule has 1 fully saturated rings. The van der Waals surface area contributed by atoms with E-state index >= 15 is 0 Å². The van der Waals surface area contributed by atoms with Gasteiger partial charge >= 0.3 is 13.0 Å². The maximum atomic E-state index is 13.6. The van der Waals surface area contributed by atoms with Crippen LogP contribution in [0.15, 0.2) is 59.8 Å². The molecule has 11 heteroatoms. The highest BCUT2D eigenvalue weighted by Gasteiger charge is 2.60. The van der Waals surface area contributed by atoms with Crippen molar-refractivity contribution in [2.75, 3.05) is 6.61 Å². The first-order chi connectivity index (χ1) is 15.1. The summed E-state index contributed by atoms with van der Waals surface area (Å²) in [5.41, 5.74) is -0.817. The van der Waals surface area contributed by atoms with Crippen LogP contribution >= 0.6 is 0 Å². The van der Waals surface area contributed by atoms with Crippen LogP contribution in [0, 0.1) is 6.92 Å². The van der Waals surface area contributed by atoms with Crippen LogP contribution in [-0.2, 0) is 30.9 Å². The fourth-order valence-corrected chi connectivity index (χ4v) is 5.27. The van der Waals surface area contributed by atoms with Gasteiger partial charge in [-0.05, 0) is 32.8 Å². The van der Waals surface area contributed by atoms with Crippen LogP contribution < -0.4 is 9.29 Å². The van der Waals surface area contributed by atoms with Crippen LogP contribution in [0.2, 0.25) is 6.82 Å². The average Bonchev–Trinajstić information content (AvgIpc) is 3.01. The third kappa shape index (κ3) is 4.84. The Labute approximate surface area is 188 Å². The number of sulfonamides is 1. The number of nitrogens with zero attached hydrogens (tertiary/aromatic N) is 2. The van der Waals surface area contributed by atoms with Crippen LogP contribution in [0.5, 0.6) is 0 Å². The minimum Gasteiger partial charge on any atom is -0.464 e. The van der Waals surface area contributed by atoms with Crippen LogP contribution in [0.3, 0.4) is 0 Å². The third-order valence-corrected chi connectivity index (χ3v) is 6.93. The molecule has 170 valence electrons. The lowest BCUT2D eigenvalue weighted by atomic mass is 9.84. The molecule has 1 aliphatic rings. The van der Waals surface area contributed by atoms with Crippen LogP contribution in [-0.4, -0.2) is 55.4 Å². The third-order valence-electron chi connectivity index (χ3n) is 5.37. The molecule has 2 atom stereocenters. The Bertz CT molecular complexity index is 1080. The van der Waals surface area contributed by atoms with Crippen LogP contribution in [0.25, 0.3) is 0 Å². The molecule has 3 rings (SSSR count). The molecule has 9 nitrogen and oxygen atoms in total. The predicted octanol–water partition coefficient (Wildman–Crippen LogP) is 0.274. The Morgan fingerprint density at radius 1 is 1.28 bits per heavy atom. The molecule has 0 spiro atoms. The maximum absolute atomic E-state index is 13.6. The standard InChI is InChI=1S/C21H27BN3O6S/c1-4-31-19(26)18-14-21(20(27)25(18)22(3)28,15-24-12-6-5-7-13-24)23-32(29,30)17-10-8-16(2)9-11-17/h5-13,18,23,28H,4,14-15H2,1-3H3/q+1/t18-,21-/m1/s1. The van der Waals surface area contributed by atoms with Gasteiger partial charge < -0.3 is 14.6 Å². The van der Waals surface area contributed by atoms with E-state index in [1.54, 1.807) is 54.2 Å². The Morgan fingerprint density at radius 2 is 1.91 bits per heavy atom. The lowest BCUT2D eigenvalue weighted by Crippen LogP contribution is -2.62. The topological polar surface area (TPSA) is 117 Å². The number of amides is 1. The summed E-state index contributed by atoms with van der Waals surface area (Å²) in [5, 5.41) is 10.3. The SMILES string of the molecule is CCOC(=O)[C@H]1C[C@](C[n+]2ccccc2)(NS(=O)(=O)c2ccc(C)cc2)C(=O)N1B(C)O. The van der Waals surface area contributed by atoms with Gasteiger partial charge in [-0.25, -0.2) is 17.8 Å². The first kappa shape index (κ1) is 23.9. The number of aromatic nitrogens is 1. The molecule has 0 saturated carbocycles. The van der Waals surface area contributed by atoms with Crippen molar-refractivity contribution in [2.45, 2.75) is 50.1 Å². The molecule has 0 bridgehead atoms. The number of rotatable bonds is 8. The quantitative estimate of drug-likeness (QED) is 0.332. The molecule has 2 aromatic rings. The summed E-state index contributed by atoms with van der Waals surface area (Å²) in [6, 6.07) is 10.4. The molecule has 0 radical (unpaired) electrons. The van der Waals surface area contributed by atoms with Gasteiger partial charge in [-0.1, -0.05) is 23.8 Å². The zero-order valence-corrected chi connectivity index (χ0v) is 19.1. The summed E-state index contributed by atoms with van der Waals surface area (Å²) in [6.45, 7) is 4.84. The molecule has 0 unspecified atom stereocenters. The smallest absolute Gasteiger partial charge is 0.412 e. The molecule has 32 heavy (non-hydrogen) atoms. The maximum Gasteiger partial charge on any atom is 0.412 e.